The number of carboxylic acids is 1. The van der Waals surface area contributed by atoms with E-state index >= 15 is 0 Å². The van der Waals surface area contributed by atoms with Gasteiger partial charge in [0.25, 0.3) is 0 Å². The molecule has 1 N–H and O–H groups in total. The first-order valence-corrected chi connectivity index (χ1v) is 7.32. The predicted molar refractivity (Wildman–Crippen MR) is 69.5 cm³/mol. The number of carbonyl (C=O) groups is 1. The van der Waals surface area contributed by atoms with E-state index in [1.165, 1.54) is 38.8 Å². The van der Waals surface area contributed by atoms with E-state index in [0.717, 1.165) is 19.5 Å². The second-order valence-corrected chi connectivity index (χ2v) is 6.54. The summed E-state index contributed by atoms with van der Waals surface area (Å²) in [6.45, 7) is 6.10. The van der Waals surface area contributed by atoms with Crippen LogP contribution in [0.2, 0.25) is 0 Å². The highest BCUT2D eigenvalue weighted by Crippen LogP contribution is 2.37. The van der Waals surface area contributed by atoms with Gasteiger partial charge in [0.15, 0.2) is 0 Å². The van der Waals surface area contributed by atoms with Crippen LogP contribution in [0.15, 0.2) is 0 Å². The lowest BCUT2D eigenvalue weighted by atomic mass is 9.90. The summed E-state index contributed by atoms with van der Waals surface area (Å²) < 4.78 is 0. The number of fused-ring (bicyclic) bond motifs is 1. The molecule has 4 nitrogen and oxygen atoms in total. The minimum absolute atomic E-state index is 0.512. The lowest BCUT2D eigenvalue weighted by Crippen LogP contribution is -2.47. The van der Waals surface area contributed by atoms with Gasteiger partial charge in [-0.05, 0) is 45.7 Å². The molecule has 0 bridgehead atoms. The monoisotopic (exact) mass is 252 g/mol. The number of hydrogen-bond donors (Lipinski definition) is 1. The number of carboxylic acid groups (broad SMARTS) is 1. The maximum Gasteiger partial charge on any atom is 0.310 e. The summed E-state index contributed by atoms with van der Waals surface area (Å²) >= 11 is 0. The molecule has 3 heterocycles. The fourth-order valence-electron chi connectivity index (χ4n) is 4.10. The largest absolute Gasteiger partial charge is 0.481 e. The number of nitrogens with zero attached hydrogens (tertiary/aromatic N) is 2. The molecule has 3 rings (SSSR count). The molecule has 0 radical (unpaired) electrons. The third-order valence-corrected chi connectivity index (χ3v) is 5.31. The van der Waals surface area contributed by atoms with Gasteiger partial charge in [0.2, 0.25) is 0 Å². The fourth-order valence-corrected chi connectivity index (χ4v) is 4.10. The van der Waals surface area contributed by atoms with E-state index in [1.807, 2.05) is 6.92 Å². The van der Waals surface area contributed by atoms with Gasteiger partial charge >= 0.3 is 5.97 Å². The van der Waals surface area contributed by atoms with Gasteiger partial charge in [0.05, 0.1) is 5.41 Å². The summed E-state index contributed by atoms with van der Waals surface area (Å²) in [7, 11) is 0. The van der Waals surface area contributed by atoms with Gasteiger partial charge in [-0.3, -0.25) is 14.6 Å². The molecular formula is C14H24N2O2. The molecule has 3 aliphatic heterocycles. The van der Waals surface area contributed by atoms with Crippen LogP contribution in [-0.2, 0) is 4.79 Å². The molecule has 3 aliphatic rings. The summed E-state index contributed by atoms with van der Waals surface area (Å²) in [5.41, 5.74) is -0.512. The van der Waals surface area contributed by atoms with Gasteiger partial charge < -0.3 is 5.11 Å². The van der Waals surface area contributed by atoms with Crippen molar-refractivity contribution in [1.29, 1.82) is 0 Å². The third kappa shape index (κ3) is 1.95. The van der Waals surface area contributed by atoms with Crippen molar-refractivity contribution in [3.8, 4) is 0 Å². The van der Waals surface area contributed by atoms with E-state index < -0.39 is 11.4 Å². The number of aliphatic carboxylic acids is 1. The van der Waals surface area contributed by atoms with Gasteiger partial charge in [-0.1, -0.05) is 6.42 Å². The predicted octanol–water partition coefficient (Wildman–Crippen LogP) is 1.41. The van der Waals surface area contributed by atoms with Gasteiger partial charge in [-0.15, -0.1) is 0 Å². The topological polar surface area (TPSA) is 43.8 Å². The van der Waals surface area contributed by atoms with E-state index in [-0.39, 0.29) is 0 Å². The van der Waals surface area contributed by atoms with Crippen molar-refractivity contribution in [2.75, 3.05) is 26.2 Å². The quantitative estimate of drug-likeness (QED) is 0.807. The first-order chi connectivity index (χ1) is 8.60. The molecule has 3 saturated heterocycles. The molecule has 0 aromatic rings. The zero-order chi connectivity index (χ0) is 12.8. The van der Waals surface area contributed by atoms with Crippen molar-refractivity contribution in [1.82, 2.24) is 9.80 Å². The van der Waals surface area contributed by atoms with E-state index in [0.29, 0.717) is 12.1 Å². The van der Waals surface area contributed by atoms with Crippen LogP contribution in [-0.4, -0.2) is 59.1 Å². The van der Waals surface area contributed by atoms with E-state index in [1.54, 1.807) is 0 Å². The number of likely N-dealkylation sites (tertiary alicyclic amines) is 1. The average Bonchev–Trinajstić information content (AvgIpc) is 2.93. The molecule has 0 saturated carbocycles. The van der Waals surface area contributed by atoms with Crippen LogP contribution < -0.4 is 0 Å². The highest BCUT2D eigenvalue weighted by atomic mass is 16.4. The third-order valence-electron chi connectivity index (χ3n) is 5.31. The van der Waals surface area contributed by atoms with Crippen molar-refractivity contribution in [2.24, 2.45) is 5.41 Å². The fraction of sp³-hybridized carbons (Fsp3) is 0.929. The van der Waals surface area contributed by atoms with Gasteiger partial charge in [0.1, 0.15) is 0 Å². The number of hydrogen-bond acceptors (Lipinski definition) is 3. The maximum absolute atomic E-state index is 11.3. The zero-order valence-electron chi connectivity index (χ0n) is 11.3. The molecule has 0 aliphatic carbocycles. The molecule has 3 fully saturated rings. The molecular weight excluding hydrogens is 228 g/mol. The summed E-state index contributed by atoms with van der Waals surface area (Å²) in [5, 5.41) is 9.33. The van der Waals surface area contributed by atoms with Gasteiger partial charge in [0, 0.05) is 25.2 Å². The highest BCUT2D eigenvalue weighted by Gasteiger charge is 2.46. The molecule has 0 aromatic heterocycles. The molecule has 0 amide bonds. The van der Waals surface area contributed by atoms with Crippen LogP contribution >= 0.6 is 0 Å². The Morgan fingerprint density at radius 1 is 1.11 bits per heavy atom. The van der Waals surface area contributed by atoms with E-state index in [2.05, 4.69) is 9.80 Å². The van der Waals surface area contributed by atoms with Crippen LogP contribution in [0.25, 0.3) is 0 Å². The standard InChI is InChI=1S/C14H24N2O2/c1-14(13(17)18)6-9-16(10-14)12-5-8-15-7-3-2-4-11(12)15/h11-12H,2-10H2,1H3,(H,17,18). The van der Waals surface area contributed by atoms with Crippen molar-refractivity contribution in [3.05, 3.63) is 0 Å². The Balaban J connectivity index is 1.68. The lowest BCUT2D eigenvalue weighted by molar-refractivity contribution is -0.147. The second-order valence-electron chi connectivity index (χ2n) is 6.54. The molecule has 18 heavy (non-hydrogen) atoms. The SMILES string of the molecule is CC1(C(=O)O)CCN(C2CCN3CCCCC23)C1. The average molecular weight is 252 g/mol. The summed E-state index contributed by atoms with van der Waals surface area (Å²) in [6, 6.07) is 1.32. The Morgan fingerprint density at radius 3 is 2.61 bits per heavy atom. The van der Waals surface area contributed by atoms with Crippen molar-refractivity contribution >= 4 is 5.97 Å². The number of piperidine rings is 1. The molecule has 3 unspecified atom stereocenters. The van der Waals surface area contributed by atoms with E-state index in [9.17, 15) is 9.90 Å². The van der Waals surface area contributed by atoms with Gasteiger partial charge in [-0.25, -0.2) is 0 Å². The van der Waals surface area contributed by atoms with Crippen LogP contribution in [0.3, 0.4) is 0 Å². The summed E-state index contributed by atoms with van der Waals surface area (Å²) in [5.74, 6) is -0.622. The zero-order valence-corrected chi connectivity index (χ0v) is 11.3. The van der Waals surface area contributed by atoms with Crippen LogP contribution in [0, 0.1) is 5.41 Å². The molecule has 3 atom stereocenters. The van der Waals surface area contributed by atoms with Crippen molar-refractivity contribution < 1.29 is 9.90 Å². The first kappa shape index (κ1) is 12.4. The van der Waals surface area contributed by atoms with E-state index in [4.69, 9.17) is 0 Å². The Hall–Kier alpha value is -0.610. The molecule has 0 spiro atoms. The van der Waals surface area contributed by atoms with Crippen LogP contribution in [0.4, 0.5) is 0 Å². The molecule has 4 heteroatoms. The molecule has 0 aromatic carbocycles. The summed E-state index contributed by atoms with van der Waals surface area (Å²) in [4.78, 5) is 16.4. The summed E-state index contributed by atoms with van der Waals surface area (Å²) in [6.07, 6.45) is 6.05. The Kier molecular flexibility index (Phi) is 3.10. The highest BCUT2D eigenvalue weighted by molar-refractivity contribution is 5.74. The number of rotatable bonds is 2. The lowest BCUT2D eigenvalue weighted by Gasteiger charge is -2.36. The second kappa shape index (κ2) is 4.49. The smallest absolute Gasteiger partial charge is 0.310 e. The normalized spacial score (nSPS) is 42.1. The van der Waals surface area contributed by atoms with Crippen molar-refractivity contribution in [3.63, 3.8) is 0 Å². The minimum Gasteiger partial charge on any atom is -0.481 e. The maximum atomic E-state index is 11.3. The Labute approximate surface area is 109 Å². The van der Waals surface area contributed by atoms with Gasteiger partial charge in [-0.2, -0.15) is 0 Å². The Morgan fingerprint density at radius 2 is 1.89 bits per heavy atom. The first-order valence-electron chi connectivity index (χ1n) is 7.32. The van der Waals surface area contributed by atoms with Crippen LogP contribution in [0.1, 0.15) is 39.0 Å². The minimum atomic E-state index is -0.622. The van der Waals surface area contributed by atoms with Crippen LogP contribution in [0.5, 0.6) is 0 Å². The Bertz CT molecular complexity index is 347. The van der Waals surface area contributed by atoms with Crippen molar-refractivity contribution in [2.45, 2.75) is 51.1 Å². The molecule has 102 valence electrons.